The third-order valence-electron chi connectivity index (χ3n) is 1.55. The summed E-state index contributed by atoms with van der Waals surface area (Å²) in [5, 5.41) is 0.329. The van der Waals surface area contributed by atoms with E-state index in [1.165, 1.54) is 6.20 Å². The van der Waals surface area contributed by atoms with Gasteiger partial charge >= 0.3 is 5.97 Å². The summed E-state index contributed by atoms with van der Waals surface area (Å²) in [5.74, 6) is -0.597. The van der Waals surface area contributed by atoms with Crippen LogP contribution in [0.3, 0.4) is 0 Å². The van der Waals surface area contributed by atoms with Crippen molar-refractivity contribution >= 4 is 40.8 Å². The number of carbonyl (C=O) groups is 1. The van der Waals surface area contributed by atoms with Crippen molar-refractivity contribution in [2.75, 3.05) is 6.61 Å². The van der Waals surface area contributed by atoms with Gasteiger partial charge in [-0.05, 0) is 6.42 Å². The lowest BCUT2D eigenvalue weighted by Gasteiger charge is -2.05. The van der Waals surface area contributed by atoms with Crippen molar-refractivity contribution in [3.8, 4) is 0 Å². The molecule has 0 aliphatic heterocycles. The minimum Gasteiger partial charge on any atom is -0.461 e. The van der Waals surface area contributed by atoms with E-state index in [0.29, 0.717) is 6.61 Å². The normalized spacial score (nSPS) is 10.1. The van der Waals surface area contributed by atoms with Crippen LogP contribution in [0.15, 0.2) is 6.20 Å². The lowest BCUT2D eigenvalue weighted by atomic mass is 10.3. The summed E-state index contributed by atoms with van der Waals surface area (Å²) in [6, 6.07) is 0. The SMILES string of the molecule is CCCOC(=O)c1ncc(Cl)c(Cl)c1Cl. The monoisotopic (exact) mass is 267 g/mol. The molecule has 0 saturated heterocycles. The largest absolute Gasteiger partial charge is 0.461 e. The molecular formula is C9H8Cl3NO2. The van der Waals surface area contributed by atoms with Gasteiger partial charge in [-0.2, -0.15) is 0 Å². The Bertz CT molecular complexity index is 382. The standard InChI is InChI=1S/C9H8Cl3NO2/c1-2-3-15-9(14)8-7(12)6(11)5(10)4-13-8/h4H,2-3H2,1H3. The minimum absolute atomic E-state index is 0.0143. The van der Waals surface area contributed by atoms with Crippen molar-refractivity contribution in [3.63, 3.8) is 0 Å². The Morgan fingerprint density at radius 3 is 2.67 bits per heavy atom. The summed E-state index contributed by atoms with van der Waals surface area (Å²) in [6.07, 6.45) is 1.99. The first kappa shape index (κ1) is 12.6. The number of esters is 1. The van der Waals surface area contributed by atoms with Crippen molar-refractivity contribution in [3.05, 3.63) is 27.0 Å². The van der Waals surface area contributed by atoms with E-state index < -0.39 is 5.97 Å². The van der Waals surface area contributed by atoms with E-state index >= 15 is 0 Å². The number of hydrogen-bond acceptors (Lipinski definition) is 3. The van der Waals surface area contributed by atoms with Gasteiger partial charge in [-0.3, -0.25) is 0 Å². The molecule has 0 aromatic carbocycles. The Balaban J connectivity index is 2.95. The highest BCUT2D eigenvalue weighted by Crippen LogP contribution is 2.31. The Labute approximate surface area is 102 Å². The highest BCUT2D eigenvalue weighted by Gasteiger charge is 2.17. The molecule has 0 fully saturated rings. The molecule has 6 heteroatoms. The smallest absolute Gasteiger partial charge is 0.358 e. The van der Waals surface area contributed by atoms with Crippen molar-refractivity contribution in [2.45, 2.75) is 13.3 Å². The lowest BCUT2D eigenvalue weighted by molar-refractivity contribution is 0.0498. The third-order valence-corrected chi connectivity index (χ3v) is 2.79. The van der Waals surface area contributed by atoms with Crippen molar-refractivity contribution in [1.82, 2.24) is 4.98 Å². The van der Waals surface area contributed by atoms with Gasteiger partial charge in [0.15, 0.2) is 5.69 Å². The van der Waals surface area contributed by atoms with Gasteiger partial charge in [0.25, 0.3) is 0 Å². The van der Waals surface area contributed by atoms with Gasteiger partial charge in [0.1, 0.15) is 0 Å². The molecule has 1 aromatic rings. The zero-order valence-corrected chi connectivity index (χ0v) is 10.2. The second-order valence-electron chi connectivity index (χ2n) is 2.72. The number of halogens is 3. The number of ether oxygens (including phenoxy) is 1. The second kappa shape index (κ2) is 5.54. The molecule has 0 atom stereocenters. The van der Waals surface area contributed by atoms with Crippen LogP contribution >= 0.6 is 34.8 Å². The topological polar surface area (TPSA) is 39.2 Å². The fraction of sp³-hybridized carbons (Fsp3) is 0.333. The molecular weight excluding hydrogens is 260 g/mol. The molecule has 0 bridgehead atoms. The molecule has 0 amide bonds. The Morgan fingerprint density at radius 2 is 2.07 bits per heavy atom. The molecule has 3 nitrogen and oxygen atoms in total. The van der Waals surface area contributed by atoms with Crippen LogP contribution < -0.4 is 0 Å². The Kier molecular flexibility index (Phi) is 4.64. The summed E-state index contributed by atoms with van der Waals surface area (Å²) in [4.78, 5) is 15.2. The first-order chi connectivity index (χ1) is 7.07. The zero-order chi connectivity index (χ0) is 11.4. The van der Waals surface area contributed by atoms with Gasteiger partial charge in [-0.1, -0.05) is 41.7 Å². The van der Waals surface area contributed by atoms with E-state index in [9.17, 15) is 4.79 Å². The van der Waals surface area contributed by atoms with E-state index in [4.69, 9.17) is 39.5 Å². The van der Waals surface area contributed by atoms with Crippen molar-refractivity contribution in [2.24, 2.45) is 0 Å². The molecule has 1 aromatic heterocycles. The first-order valence-electron chi connectivity index (χ1n) is 4.24. The zero-order valence-electron chi connectivity index (χ0n) is 7.89. The molecule has 0 radical (unpaired) electrons. The van der Waals surface area contributed by atoms with Crippen LogP contribution in [-0.2, 0) is 4.74 Å². The summed E-state index contributed by atoms with van der Waals surface area (Å²) < 4.78 is 4.87. The number of pyridine rings is 1. The molecule has 0 unspecified atom stereocenters. The number of rotatable bonds is 3. The Morgan fingerprint density at radius 1 is 1.40 bits per heavy atom. The highest BCUT2D eigenvalue weighted by atomic mass is 35.5. The molecule has 0 saturated carbocycles. The predicted molar refractivity (Wildman–Crippen MR) is 59.8 cm³/mol. The molecule has 0 aliphatic carbocycles. The second-order valence-corrected chi connectivity index (χ2v) is 3.88. The average molecular weight is 269 g/mol. The van der Waals surface area contributed by atoms with E-state index in [2.05, 4.69) is 4.98 Å². The summed E-state index contributed by atoms with van der Waals surface area (Å²) >= 11 is 17.2. The van der Waals surface area contributed by atoms with Gasteiger partial charge in [0.2, 0.25) is 0 Å². The number of nitrogens with zero attached hydrogens (tertiary/aromatic N) is 1. The maximum absolute atomic E-state index is 11.4. The molecule has 0 aliphatic rings. The average Bonchev–Trinajstić information content (AvgIpc) is 2.23. The summed E-state index contributed by atoms with van der Waals surface area (Å²) in [6.45, 7) is 2.20. The number of hydrogen-bond donors (Lipinski definition) is 0. The van der Waals surface area contributed by atoms with Crippen LogP contribution in [0.25, 0.3) is 0 Å². The van der Waals surface area contributed by atoms with Crippen LogP contribution in [0.2, 0.25) is 15.1 Å². The molecule has 15 heavy (non-hydrogen) atoms. The van der Waals surface area contributed by atoms with E-state index in [1.807, 2.05) is 6.92 Å². The number of carbonyl (C=O) groups excluding carboxylic acids is 1. The van der Waals surface area contributed by atoms with Crippen LogP contribution in [0.5, 0.6) is 0 Å². The molecule has 0 spiro atoms. The van der Waals surface area contributed by atoms with Gasteiger partial charge in [-0.25, -0.2) is 9.78 Å². The third kappa shape index (κ3) is 2.97. The fourth-order valence-electron chi connectivity index (χ4n) is 0.849. The van der Waals surface area contributed by atoms with Gasteiger partial charge in [-0.15, -0.1) is 0 Å². The maximum atomic E-state index is 11.4. The predicted octanol–water partition coefficient (Wildman–Crippen LogP) is 3.61. The Hall–Kier alpha value is -0.510. The van der Waals surface area contributed by atoms with Gasteiger partial charge in [0, 0.05) is 6.20 Å². The molecule has 1 heterocycles. The van der Waals surface area contributed by atoms with E-state index in [-0.39, 0.29) is 20.8 Å². The summed E-state index contributed by atoms with van der Waals surface area (Å²) in [5.41, 5.74) is -0.0143. The first-order valence-corrected chi connectivity index (χ1v) is 5.38. The van der Waals surface area contributed by atoms with Crippen LogP contribution in [0, 0.1) is 0 Å². The fourth-order valence-corrected chi connectivity index (χ4v) is 1.41. The molecule has 82 valence electrons. The van der Waals surface area contributed by atoms with Crippen molar-refractivity contribution < 1.29 is 9.53 Å². The molecule has 1 rings (SSSR count). The van der Waals surface area contributed by atoms with Crippen LogP contribution in [-0.4, -0.2) is 17.6 Å². The van der Waals surface area contributed by atoms with Gasteiger partial charge < -0.3 is 4.74 Å². The lowest BCUT2D eigenvalue weighted by Crippen LogP contribution is -2.09. The van der Waals surface area contributed by atoms with E-state index in [0.717, 1.165) is 6.42 Å². The van der Waals surface area contributed by atoms with Crippen molar-refractivity contribution in [1.29, 1.82) is 0 Å². The highest BCUT2D eigenvalue weighted by molar-refractivity contribution is 6.48. The van der Waals surface area contributed by atoms with Crippen LogP contribution in [0.4, 0.5) is 0 Å². The number of aromatic nitrogens is 1. The van der Waals surface area contributed by atoms with E-state index in [1.54, 1.807) is 0 Å². The van der Waals surface area contributed by atoms with Gasteiger partial charge in [0.05, 0.1) is 21.7 Å². The quantitative estimate of drug-likeness (QED) is 0.786. The molecule has 0 N–H and O–H groups in total. The summed E-state index contributed by atoms with van der Waals surface area (Å²) in [7, 11) is 0. The maximum Gasteiger partial charge on any atom is 0.358 e. The van der Waals surface area contributed by atoms with Crippen LogP contribution in [0.1, 0.15) is 23.8 Å². The minimum atomic E-state index is -0.597.